The predicted octanol–water partition coefficient (Wildman–Crippen LogP) is 1.91. The number of rotatable bonds is 0. The molecule has 3 aliphatic rings. The number of carbonyl (C=O) groups is 1. The maximum Gasteiger partial charge on any atom is 0.137 e. The standard InChI is InChI=1S/C11H13NO/c12-6-11-5-4-9(13)10(11)7-2-1-3-8(7)11/h7-8,10H,1-5H2/t7-,8+,10-,11+/m0/s1. The molecule has 3 rings (SSSR count). The predicted molar refractivity (Wildman–Crippen MR) is 46.6 cm³/mol. The molecule has 0 amide bonds. The summed E-state index contributed by atoms with van der Waals surface area (Å²) in [7, 11) is 0. The Labute approximate surface area is 77.9 Å². The van der Waals surface area contributed by atoms with Gasteiger partial charge in [0, 0.05) is 12.3 Å². The molecule has 0 unspecified atom stereocenters. The lowest BCUT2D eigenvalue weighted by Gasteiger charge is -2.50. The lowest BCUT2D eigenvalue weighted by Crippen LogP contribution is -2.52. The van der Waals surface area contributed by atoms with Crippen LogP contribution in [0.25, 0.3) is 0 Å². The fourth-order valence-electron chi connectivity index (χ4n) is 4.08. The summed E-state index contributed by atoms with van der Waals surface area (Å²) in [5, 5.41) is 9.21. The largest absolute Gasteiger partial charge is 0.299 e. The molecular formula is C11H13NO. The quantitative estimate of drug-likeness (QED) is 0.564. The zero-order chi connectivity index (χ0) is 9.05. The minimum Gasteiger partial charge on any atom is -0.299 e. The fraction of sp³-hybridized carbons (Fsp3) is 0.818. The number of nitrogens with zero attached hydrogens (tertiary/aromatic N) is 1. The monoisotopic (exact) mass is 175 g/mol. The van der Waals surface area contributed by atoms with Gasteiger partial charge in [0.25, 0.3) is 0 Å². The van der Waals surface area contributed by atoms with Crippen LogP contribution in [0.5, 0.6) is 0 Å². The summed E-state index contributed by atoms with van der Waals surface area (Å²) in [5.41, 5.74) is -0.196. The zero-order valence-corrected chi connectivity index (χ0v) is 7.62. The summed E-state index contributed by atoms with van der Waals surface area (Å²) in [6, 6.07) is 2.46. The first-order valence-electron chi connectivity index (χ1n) is 5.23. The fourth-order valence-corrected chi connectivity index (χ4v) is 4.08. The first-order valence-corrected chi connectivity index (χ1v) is 5.23. The Kier molecular flexibility index (Phi) is 1.25. The molecule has 68 valence electrons. The zero-order valence-electron chi connectivity index (χ0n) is 7.62. The van der Waals surface area contributed by atoms with Gasteiger partial charge in [-0.3, -0.25) is 4.79 Å². The molecule has 4 atom stereocenters. The second kappa shape index (κ2) is 2.15. The maximum absolute atomic E-state index is 11.6. The van der Waals surface area contributed by atoms with Gasteiger partial charge in [-0.1, -0.05) is 6.42 Å². The van der Waals surface area contributed by atoms with E-state index < -0.39 is 0 Å². The number of carbonyl (C=O) groups excluding carboxylic acids is 1. The minimum absolute atomic E-state index is 0.144. The highest BCUT2D eigenvalue weighted by Crippen LogP contribution is 2.68. The van der Waals surface area contributed by atoms with Crippen molar-refractivity contribution >= 4 is 5.78 Å². The van der Waals surface area contributed by atoms with Crippen LogP contribution in [0.3, 0.4) is 0 Å². The molecule has 3 aliphatic carbocycles. The molecule has 3 fully saturated rings. The first-order chi connectivity index (χ1) is 6.29. The average molecular weight is 175 g/mol. The summed E-state index contributed by atoms with van der Waals surface area (Å²) in [6.07, 6.45) is 5.16. The van der Waals surface area contributed by atoms with Gasteiger partial charge in [0.2, 0.25) is 0 Å². The van der Waals surface area contributed by atoms with E-state index >= 15 is 0 Å². The van der Waals surface area contributed by atoms with Gasteiger partial charge in [0.1, 0.15) is 5.78 Å². The van der Waals surface area contributed by atoms with Crippen LogP contribution in [0.4, 0.5) is 0 Å². The van der Waals surface area contributed by atoms with Crippen molar-refractivity contribution in [3.05, 3.63) is 0 Å². The molecule has 0 bridgehead atoms. The van der Waals surface area contributed by atoms with Crippen molar-refractivity contribution in [2.45, 2.75) is 32.1 Å². The SMILES string of the molecule is N#C[C@@]12CCC(=O)[C@@H]1[C@H]1CCC[C@H]12. The van der Waals surface area contributed by atoms with Crippen LogP contribution in [0.1, 0.15) is 32.1 Å². The topological polar surface area (TPSA) is 40.9 Å². The van der Waals surface area contributed by atoms with Crippen molar-refractivity contribution in [1.29, 1.82) is 5.26 Å². The summed E-state index contributed by atoms with van der Waals surface area (Å²) in [6.45, 7) is 0. The van der Waals surface area contributed by atoms with Crippen molar-refractivity contribution in [3.8, 4) is 6.07 Å². The molecule has 2 heteroatoms. The van der Waals surface area contributed by atoms with E-state index in [9.17, 15) is 10.1 Å². The van der Waals surface area contributed by atoms with Crippen molar-refractivity contribution in [2.75, 3.05) is 0 Å². The van der Waals surface area contributed by atoms with E-state index in [0.717, 1.165) is 6.42 Å². The van der Waals surface area contributed by atoms with Gasteiger partial charge in [0.05, 0.1) is 11.5 Å². The highest BCUT2D eigenvalue weighted by molar-refractivity contribution is 5.87. The van der Waals surface area contributed by atoms with Crippen LogP contribution in [0.2, 0.25) is 0 Å². The molecule has 3 saturated carbocycles. The van der Waals surface area contributed by atoms with Gasteiger partial charge < -0.3 is 0 Å². The van der Waals surface area contributed by atoms with Crippen LogP contribution >= 0.6 is 0 Å². The highest BCUT2D eigenvalue weighted by atomic mass is 16.1. The number of Topliss-reactive ketones (excluding diaryl/α,β-unsaturated/α-hetero) is 1. The number of ketones is 1. The van der Waals surface area contributed by atoms with Crippen molar-refractivity contribution in [3.63, 3.8) is 0 Å². The Morgan fingerprint density at radius 1 is 1.46 bits per heavy atom. The van der Waals surface area contributed by atoms with Crippen LogP contribution in [-0.2, 0) is 4.79 Å². The van der Waals surface area contributed by atoms with Crippen molar-refractivity contribution in [1.82, 2.24) is 0 Å². The van der Waals surface area contributed by atoms with Gasteiger partial charge in [-0.05, 0) is 31.1 Å². The maximum atomic E-state index is 11.6. The molecule has 0 saturated heterocycles. The second-order valence-corrected chi connectivity index (χ2v) is 4.80. The third-order valence-corrected chi connectivity index (χ3v) is 4.55. The molecule has 0 aliphatic heterocycles. The van der Waals surface area contributed by atoms with Crippen LogP contribution in [-0.4, -0.2) is 5.78 Å². The van der Waals surface area contributed by atoms with E-state index in [1.807, 2.05) is 0 Å². The second-order valence-electron chi connectivity index (χ2n) is 4.80. The number of hydrogen-bond donors (Lipinski definition) is 0. The third kappa shape index (κ3) is 0.643. The molecule has 0 spiro atoms. The minimum atomic E-state index is -0.196. The summed E-state index contributed by atoms with van der Waals surface area (Å²) in [4.78, 5) is 11.6. The van der Waals surface area contributed by atoms with E-state index in [2.05, 4.69) is 6.07 Å². The average Bonchev–Trinajstić information content (AvgIpc) is 2.61. The first kappa shape index (κ1) is 7.55. The van der Waals surface area contributed by atoms with Gasteiger partial charge in [-0.2, -0.15) is 5.26 Å². The molecule has 0 heterocycles. The molecule has 0 aromatic rings. The molecule has 0 aromatic carbocycles. The molecular weight excluding hydrogens is 162 g/mol. The van der Waals surface area contributed by atoms with Crippen LogP contribution < -0.4 is 0 Å². The highest BCUT2D eigenvalue weighted by Gasteiger charge is 2.68. The van der Waals surface area contributed by atoms with E-state index in [1.165, 1.54) is 19.3 Å². The van der Waals surface area contributed by atoms with Crippen molar-refractivity contribution in [2.24, 2.45) is 23.2 Å². The van der Waals surface area contributed by atoms with Crippen LogP contribution in [0, 0.1) is 34.5 Å². The Morgan fingerprint density at radius 3 is 3.08 bits per heavy atom. The Hall–Kier alpha value is -0.840. The number of nitriles is 1. The van der Waals surface area contributed by atoms with E-state index in [0.29, 0.717) is 24.0 Å². The Morgan fingerprint density at radius 2 is 2.31 bits per heavy atom. The Bertz CT molecular complexity index is 317. The molecule has 0 radical (unpaired) electrons. The lowest BCUT2D eigenvalue weighted by molar-refractivity contribution is -0.133. The van der Waals surface area contributed by atoms with Gasteiger partial charge in [-0.15, -0.1) is 0 Å². The number of fused-ring (bicyclic) bond motifs is 4. The normalized spacial score (nSPS) is 52.2. The van der Waals surface area contributed by atoms with Gasteiger partial charge in [-0.25, -0.2) is 0 Å². The molecule has 0 aromatic heterocycles. The van der Waals surface area contributed by atoms with E-state index in [1.54, 1.807) is 0 Å². The van der Waals surface area contributed by atoms with Crippen molar-refractivity contribution < 1.29 is 4.79 Å². The van der Waals surface area contributed by atoms with Gasteiger partial charge >= 0.3 is 0 Å². The smallest absolute Gasteiger partial charge is 0.137 e. The third-order valence-electron chi connectivity index (χ3n) is 4.55. The summed E-state index contributed by atoms with van der Waals surface area (Å²) < 4.78 is 0. The summed E-state index contributed by atoms with van der Waals surface area (Å²) >= 11 is 0. The van der Waals surface area contributed by atoms with E-state index in [-0.39, 0.29) is 11.3 Å². The number of hydrogen-bond acceptors (Lipinski definition) is 2. The lowest BCUT2D eigenvalue weighted by atomic mass is 9.50. The molecule has 0 N–H and O–H groups in total. The molecule has 13 heavy (non-hydrogen) atoms. The van der Waals surface area contributed by atoms with Gasteiger partial charge in [0.15, 0.2) is 0 Å². The summed E-state index contributed by atoms with van der Waals surface area (Å²) in [5.74, 6) is 1.69. The van der Waals surface area contributed by atoms with E-state index in [4.69, 9.17) is 0 Å². The molecule has 2 nitrogen and oxygen atoms in total. The Balaban J connectivity index is 2.02. The van der Waals surface area contributed by atoms with Crippen LogP contribution in [0.15, 0.2) is 0 Å².